The highest BCUT2D eigenvalue weighted by Crippen LogP contribution is 2.39. The summed E-state index contributed by atoms with van der Waals surface area (Å²) in [6.07, 6.45) is 0.894. The maximum absolute atomic E-state index is 6.05. The van der Waals surface area contributed by atoms with Gasteiger partial charge in [0, 0.05) is 24.2 Å². The van der Waals surface area contributed by atoms with E-state index in [1.54, 1.807) is 0 Å². The third kappa shape index (κ3) is 2.77. The minimum atomic E-state index is -0.437. The number of hydrogen-bond donors (Lipinski definition) is 0. The summed E-state index contributed by atoms with van der Waals surface area (Å²) in [5.74, 6) is 0. The van der Waals surface area contributed by atoms with Crippen molar-refractivity contribution in [3.8, 4) is 0 Å². The molecule has 0 aliphatic carbocycles. The Morgan fingerprint density at radius 1 is 0.833 bits per heavy atom. The van der Waals surface area contributed by atoms with E-state index in [1.165, 1.54) is 0 Å². The topological polar surface area (TPSA) is 36.9 Å². The molecule has 18 heavy (non-hydrogen) atoms. The van der Waals surface area contributed by atoms with E-state index >= 15 is 0 Å². The molecule has 0 amide bonds. The fraction of sp³-hybridized carbons (Fsp3) is 1.00. The minimum absolute atomic E-state index is 0.0202. The predicted molar refractivity (Wildman–Crippen MR) is 72.1 cm³/mol. The van der Waals surface area contributed by atoms with Crippen LogP contribution in [0.2, 0.25) is 0 Å². The first-order valence-corrected chi connectivity index (χ1v) is 6.72. The smallest absolute Gasteiger partial charge is 0.413 e. The molecule has 6 heteroatoms. The molecule has 0 spiro atoms. The Morgan fingerprint density at radius 2 is 1.44 bits per heavy atom. The van der Waals surface area contributed by atoms with Gasteiger partial charge in [0.1, 0.15) is 0 Å². The second-order valence-corrected chi connectivity index (χ2v) is 7.06. The van der Waals surface area contributed by atoms with Crippen LogP contribution in [0.3, 0.4) is 0 Å². The second kappa shape index (κ2) is 4.51. The monoisotopic (exact) mass is 254 g/mol. The standard InChI is InChI=1S/C12H24B2O4/c1-10(2)9-16-14(18-12(10,5)6)13-15-8-7-11(3,4)17-13/h7-9H2,1-6H3. The lowest BCUT2D eigenvalue weighted by Crippen LogP contribution is -2.62. The van der Waals surface area contributed by atoms with Crippen molar-refractivity contribution >= 4 is 14.0 Å². The molecule has 0 saturated carbocycles. The SMILES string of the molecule is CC1(C)CCOB(B2OCC(C)(C)C(C)(C)O2)O1. The Hall–Kier alpha value is -0.0301. The fourth-order valence-corrected chi connectivity index (χ4v) is 2.04. The van der Waals surface area contributed by atoms with Crippen LogP contribution in [0.5, 0.6) is 0 Å². The van der Waals surface area contributed by atoms with Crippen molar-refractivity contribution in [3.63, 3.8) is 0 Å². The van der Waals surface area contributed by atoms with Crippen molar-refractivity contribution in [1.29, 1.82) is 0 Å². The number of rotatable bonds is 1. The largest absolute Gasteiger partial charge is 0.488 e. The fourth-order valence-electron chi connectivity index (χ4n) is 2.04. The molecule has 2 fully saturated rings. The maximum Gasteiger partial charge on any atom is 0.488 e. The van der Waals surface area contributed by atoms with Crippen LogP contribution in [0.1, 0.15) is 48.0 Å². The van der Waals surface area contributed by atoms with Gasteiger partial charge in [0.15, 0.2) is 0 Å². The highest BCUT2D eigenvalue weighted by molar-refractivity contribution is 7.10. The Labute approximate surface area is 111 Å². The summed E-state index contributed by atoms with van der Waals surface area (Å²) in [6, 6.07) is 0. The molecule has 2 aliphatic rings. The van der Waals surface area contributed by atoms with E-state index in [2.05, 4.69) is 41.5 Å². The van der Waals surface area contributed by atoms with Crippen molar-refractivity contribution in [2.45, 2.75) is 59.2 Å². The molecule has 0 radical (unpaired) electrons. The van der Waals surface area contributed by atoms with Crippen LogP contribution in [-0.2, 0) is 18.6 Å². The van der Waals surface area contributed by atoms with Crippen LogP contribution in [0.25, 0.3) is 0 Å². The van der Waals surface area contributed by atoms with Gasteiger partial charge in [-0.25, -0.2) is 0 Å². The molecule has 0 bridgehead atoms. The minimum Gasteiger partial charge on any atom is -0.413 e. The zero-order valence-corrected chi connectivity index (χ0v) is 12.4. The zero-order chi connectivity index (χ0) is 13.6. The lowest BCUT2D eigenvalue weighted by molar-refractivity contribution is -0.0984. The molecule has 102 valence electrons. The first-order chi connectivity index (χ1) is 8.13. The highest BCUT2D eigenvalue weighted by Gasteiger charge is 2.54. The second-order valence-electron chi connectivity index (χ2n) is 7.06. The van der Waals surface area contributed by atoms with E-state index in [1.807, 2.05) is 0 Å². The lowest BCUT2D eigenvalue weighted by Gasteiger charge is -2.49. The molecule has 2 aliphatic heterocycles. The van der Waals surface area contributed by atoms with Gasteiger partial charge in [-0.2, -0.15) is 0 Å². The highest BCUT2D eigenvalue weighted by atomic mass is 16.7. The van der Waals surface area contributed by atoms with E-state index in [4.69, 9.17) is 18.6 Å². The van der Waals surface area contributed by atoms with E-state index in [-0.39, 0.29) is 16.6 Å². The molecule has 2 saturated heterocycles. The van der Waals surface area contributed by atoms with E-state index in [9.17, 15) is 0 Å². The quantitative estimate of drug-likeness (QED) is 0.671. The van der Waals surface area contributed by atoms with Gasteiger partial charge in [-0.1, -0.05) is 13.8 Å². The molecule has 0 aromatic carbocycles. The summed E-state index contributed by atoms with van der Waals surface area (Å²) < 4.78 is 23.4. The predicted octanol–water partition coefficient (Wildman–Crippen LogP) is 2.11. The van der Waals surface area contributed by atoms with E-state index in [0.717, 1.165) is 6.42 Å². The van der Waals surface area contributed by atoms with Crippen molar-refractivity contribution < 1.29 is 18.6 Å². The molecule has 2 heterocycles. The maximum atomic E-state index is 6.05. The van der Waals surface area contributed by atoms with Crippen LogP contribution in [0, 0.1) is 5.41 Å². The zero-order valence-electron chi connectivity index (χ0n) is 12.4. The average Bonchev–Trinajstić information content (AvgIpc) is 2.21. The molecular weight excluding hydrogens is 230 g/mol. The summed E-state index contributed by atoms with van der Waals surface area (Å²) in [4.78, 5) is 0. The lowest BCUT2D eigenvalue weighted by atomic mass is 9.46. The van der Waals surface area contributed by atoms with Crippen LogP contribution in [0.4, 0.5) is 0 Å². The van der Waals surface area contributed by atoms with Crippen LogP contribution in [-0.4, -0.2) is 38.4 Å². The van der Waals surface area contributed by atoms with E-state index < -0.39 is 14.0 Å². The van der Waals surface area contributed by atoms with Gasteiger partial charge < -0.3 is 18.6 Å². The molecule has 4 nitrogen and oxygen atoms in total. The summed E-state index contributed by atoms with van der Waals surface area (Å²) in [5, 5.41) is 0. The van der Waals surface area contributed by atoms with Gasteiger partial charge in [-0.15, -0.1) is 0 Å². The molecular formula is C12H24B2O4. The van der Waals surface area contributed by atoms with Crippen molar-refractivity contribution in [2.24, 2.45) is 5.41 Å². The average molecular weight is 254 g/mol. The number of hydrogen-bond acceptors (Lipinski definition) is 4. The van der Waals surface area contributed by atoms with Gasteiger partial charge in [-0.3, -0.25) is 0 Å². The summed E-state index contributed by atoms with van der Waals surface area (Å²) >= 11 is 0. The molecule has 0 N–H and O–H groups in total. The normalized spacial score (nSPS) is 30.3. The van der Waals surface area contributed by atoms with Crippen LogP contribution >= 0.6 is 0 Å². The van der Waals surface area contributed by atoms with Crippen LogP contribution < -0.4 is 0 Å². The third-order valence-corrected chi connectivity index (χ3v) is 4.29. The molecule has 0 aromatic rings. The third-order valence-electron chi connectivity index (χ3n) is 4.29. The summed E-state index contributed by atoms with van der Waals surface area (Å²) in [7, 11) is -0.864. The molecule has 0 atom stereocenters. The summed E-state index contributed by atoms with van der Waals surface area (Å²) in [5.41, 5.74) is -0.454. The van der Waals surface area contributed by atoms with Gasteiger partial charge in [-0.05, 0) is 34.1 Å². The van der Waals surface area contributed by atoms with Crippen molar-refractivity contribution in [3.05, 3.63) is 0 Å². The van der Waals surface area contributed by atoms with Gasteiger partial charge in [0.05, 0.1) is 5.60 Å². The summed E-state index contributed by atoms with van der Waals surface area (Å²) in [6.45, 7) is 14.0. The van der Waals surface area contributed by atoms with Crippen molar-refractivity contribution in [1.82, 2.24) is 0 Å². The first kappa shape index (κ1) is 14.4. The molecule has 2 rings (SSSR count). The Balaban J connectivity index is 2.03. The van der Waals surface area contributed by atoms with Gasteiger partial charge in [0.2, 0.25) is 0 Å². The Bertz CT molecular complexity index is 317. The van der Waals surface area contributed by atoms with Gasteiger partial charge in [0.25, 0.3) is 0 Å². The first-order valence-electron chi connectivity index (χ1n) is 6.72. The Morgan fingerprint density at radius 3 is 2.00 bits per heavy atom. The van der Waals surface area contributed by atoms with Crippen LogP contribution in [0.15, 0.2) is 0 Å². The Kier molecular flexibility index (Phi) is 3.60. The molecule has 0 aromatic heterocycles. The van der Waals surface area contributed by atoms with E-state index in [0.29, 0.717) is 13.2 Å². The van der Waals surface area contributed by atoms with Gasteiger partial charge >= 0.3 is 14.0 Å². The molecule has 0 unspecified atom stereocenters. The van der Waals surface area contributed by atoms with Crippen molar-refractivity contribution in [2.75, 3.05) is 13.2 Å².